The van der Waals surface area contributed by atoms with Crippen molar-refractivity contribution in [2.45, 2.75) is 68.9 Å². The van der Waals surface area contributed by atoms with Crippen molar-refractivity contribution in [3.63, 3.8) is 0 Å². The van der Waals surface area contributed by atoms with Gasteiger partial charge in [-0.25, -0.2) is 0 Å². The summed E-state index contributed by atoms with van der Waals surface area (Å²) in [6, 6.07) is 10.7. The van der Waals surface area contributed by atoms with Crippen molar-refractivity contribution >= 4 is 6.21 Å². The highest BCUT2D eigenvalue weighted by atomic mass is 15.5. The normalized spacial score (nSPS) is 13.1. The number of hydrazone groups is 1. The van der Waals surface area contributed by atoms with Crippen LogP contribution in [-0.4, -0.2) is 42.3 Å². The van der Waals surface area contributed by atoms with Crippen molar-refractivity contribution in [1.82, 2.24) is 9.91 Å². The van der Waals surface area contributed by atoms with Gasteiger partial charge in [-0.3, -0.25) is 9.91 Å². The van der Waals surface area contributed by atoms with Gasteiger partial charge in [0.2, 0.25) is 0 Å². The third-order valence-electron chi connectivity index (χ3n) is 2.88. The quantitative estimate of drug-likeness (QED) is 0.638. The summed E-state index contributed by atoms with van der Waals surface area (Å²) in [5, 5.41) is 6.45. The molecule has 0 atom stereocenters. The number of benzene rings is 1. The molecule has 0 saturated carbocycles. The monoisotopic (exact) mass is 337 g/mol. The molecule has 1 saturated heterocycles. The van der Waals surface area contributed by atoms with Crippen LogP contribution < -0.4 is 0 Å². The highest BCUT2D eigenvalue weighted by Crippen LogP contribution is 2.08. The second kappa shape index (κ2) is 23.9. The lowest BCUT2D eigenvalue weighted by Gasteiger charge is -2.32. The highest BCUT2D eigenvalue weighted by molar-refractivity contribution is 5.52. The van der Waals surface area contributed by atoms with Crippen molar-refractivity contribution in [3.8, 4) is 0 Å². The zero-order valence-corrected chi connectivity index (χ0v) is 17.8. The Morgan fingerprint density at radius 1 is 0.792 bits per heavy atom. The summed E-state index contributed by atoms with van der Waals surface area (Å²) in [7, 11) is 0. The summed E-state index contributed by atoms with van der Waals surface area (Å²) in [5.41, 5.74) is 1.40. The van der Waals surface area contributed by atoms with Gasteiger partial charge in [-0.2, -0.15) is 5.10 Å². The van der Waals surface area contributed by atoms with E-state index in [1.54, 1.807) is 0 Å². The molecule has 1 aromatic rings. The minimum atomic E-state index is 1.04. The first-order valence-corrected chi connectivity index (χ1v) is 9.88. The van der Waals surface area contributed by atoms with Crippen molar-refractivity contribution in [1.29, 1.82) is 0 Å². The van der Waals surface area contributed by atoms with Gasteiger partial charge in [-0.05, 0) is 12.5 Å². The summed E-state index contributed by atoms with van der Waals surface area (Å²) < 4.78 is 0. The molecule has 0 spiro atoms. The lowest BCUT2D eigenvalue weighted by Crippen LogP contribution is -2.43. The fraction of sp³-hybridized carbons (Fsp3) is 0.667. The molecule has 0 amide bonds. The molecule has 24 heavy (non-hydrogen) atoms. The van der Waals surface area contributed by atoms with Crippen molar-refractivity contribution in [2.75, 3.05) is 26.2 Å². The van der Waals surface area contributed by atoms with E-state index in [1.807, 2.05) is 68.5 Å². The molecule has 2 rings (SSSR count). The van der Waals surface area contributed by atoms with Gasteiger partial charge in [0.25, 0.3) is 0 Å². The molecule has 0 radical (unpaired) electrons. The molecule has 0 aliphatic carbocycles. The maximum Gasteiger partial charge on any atom is 0.0488 e. The smallest absolute Gasteiger partial charge is 0.0488 e. The molecular weight excluding hydrogens is 294 g/mol. The van der Waals surface area contributed by atoms with Crippen LogP contribution in [0.5, 0.6) is 0 Å². The van der Waals surface area contributed by atoms with E-state index in [1.165, 1.54) is 5.56 Å². The second-order valence-electron chi connectivity index (χ2n) is 4.09. The molecule has 1 aromatic carbocycles. The third kappa shape index (κ3) is 14.3. The Morgan fingerprint density at radius 2 is 1.25 bits per heavy atom. The lowest BCUT2D eigenvalue weighted by atomic mass is 10.2. The number of piperazine rings is 1. The molecule has 1 heterocycles. The summed E-state index contributed by atoms with van der Waals surface area (Å²) in [6.45, 7) is 23.3. The van der Waals surface area contributed by atoms with E-state index < -0.39 is 0 Å². The van der Waals surface area contributed by atoms with E-state index in [0.717, 1.165) is 32.7 Å². The molecule has 0 aromatic heterocycles. The zero-order valence-electron chi connectivity index (χ0n) is 17.8. The predicted octanol–water partition coefficient (Wildman–Crippen LogP) is 5.91. The van der Waals surface area contributed by atoms with Gasteiger partial charge in [0.15, 0.2) is 0 Å². The van der Waals surface area contributed by atoms with Crippen LogP contribution in [0.15, 0.2) is 35.4 Å². The van der Waals surface area contributed by atoms with E-state index in [2.05, 4.69) is 45.3 Å². The van der Waals surface area contributed by atoms with E-state index in [-0.39, 0.29) is 0 Å². The molecule has 0 bridgehead atoms. The van der Waals surface area contributed by atoms with Gasteiger partial charge in [0.05, 0.1) is 0 Å². The predicted molar refractivity (Wildman–Crippen MR) is 113 cm³/mol. The SMILES string of the molecule is CC.CC.CC.CC.CC=NN1CCN(Cc2ccccc2)CC1. The van der Waals surface area contributed by atoms with Gasteiger partial charge < -0.3 is 0 Å². The van der Waals surface area contributed by atoms with Gasteiger partial charge in [0, 0.05) is 38.9 Å². The van der Waals surface area contributed by atoms with Crippen LogP contribution in [0, 0.1) is 0 Å². The van der Waals surface area contributed by atoms with E-state index in [0.29, 0.717) is 0 Å². The highest BCUT2D eigenvalue weighted by Gasteiger charge is 2.14. The van der Waals surface area contributed by atoms with Crippen LogP contribution in [0.25, 0.3) is 0 Å². The van der Waals surface area contributed by atoms with Gasteiger partial charge in [-0.15, -0.1) is 0 Å². The van der Waals surface area contributed by atoms with Crippen molar-refractivity contribution in [2.24, 2.45) is 5.10 Å². The second-order valence-corrected chi connectivity index (χ2v) is 4.09. The Morgan fingerprint density at radius 3 is 1.67 bits per heavy atom. The molecule has 3 heteroatoms. The van der Waals surface area contributed by atoms with E-state index in [9.17, 15) is 0 Å². The zero-order chi connectivity index (χ0) is 19.2. The van der Waals surface area contributed by atoms with Crippen LogP contribution >= 0.6 is 0 Å². The van der Waals surface area contributed by atoms with E-state index >= 15 is 0 Å². The first-order chi connectivity index (χ1) is 11.9. The van der Waals surface area contributed by atoms with Crippen molar-refractivity contribution < 1.29 is 0 Å². The number of hydrogen-bond donors (Lipinski definition) is 0. The molecule has 1 aliphatic rings. The summed E-state index contributed by atoms with van der Waals surface area (Å²) in [4.78, 5) is 2.48. The Kier molecular flexibility index (Phi) is 27.4. The van der Waals surface area contributed by atoms with Gasteiger partial charge in [-0.1, -0.05) is 85.7 Å². The van der Waals surface area contributed by atoms with Crippen LogP contribution in [0.2, 0.25) is 0 Å². The minimum Gasteiger partial charge on any atom is -0.295 e. The fourth-order valence-corrected chi connectivity index (χ4v) is 2.02. The number of hydrogen-bond acceptors (Lipinski definition) is 3. The summed E-state index contributed by atoms with van der Waals surface area (Å²) in [6.07, 6.45) is 1.87. The Labute approximate surface area is 152 Å². The van der Waals surface area contributed by atoms with Crippen LogP contribution in [0.3, 0.4) is 0 Å². The Bertz CT molecular complexity index is 328. The molecular formula is C21H43N3. The maximum atomic E-state index is 4.31. The van der Waals surface area contributed by atoms with Crippen molar-refractivity contribution in [3.05, 3.63) is 35.9 Å². The van der Waals surface area contributed by atoms with Gasteiger partial charge in [0.1, 0.15) is 0 Å². The fourth-order valence-electron chi connectivity index (χ4n) is 2.02. The Balaban J connectivity index is -0.000000484. The standard InChI is InChI=1S/C13H19N3.4C2H6/c1-2-14-16-10-8-15(9-11-16)12-13-6-4-3-5-7-13;4*1-2/h2-7H,8-12H2,1H3;4*1-2H3. The molecule has 3 nitrogen and oxygen atoms in total. The minimum absolute atomic E-state index is 1.04. The number of rotatable bonds is 3. The van der Waals surface area contributed by atoms with Gasteiger partial charge >= 0.3 is 0 Å². The average molecular weight is 338 g/mol. The first-order valence-electron chi connectivity index (χ1n) is 9.88. The molecule has 142 valence electrons. The van der Waals surface area contributed by atoms with Crippen LogP contribution in [-0.2, 0) is 6.54 Å². The van der Waals surface area contributed by atoms with E-state index in [4.69, 9.17) is 0 Å². The maximum absolute atomic E-state index is 4.31. The molecule has 1 fully saturated rings. The summed E-state index contributed by atoms with van der Waals surface area (Å²) in [5.74, 6) is 0. The summed E-state index contributed by atoms with van der Waals surface area (Å²) >= 11 is 0. The topological polar surface area (TPSA) is 18.8 Å². The van der Waals surface area contributed by atoms with Crippen LogP contribution in [0.4, 0.5) is 0 Å². The van der Waals surface area contributed by atoms with Crippen LogP contribution in [0.1, 0.15) is 67.9 Å². The molecule has 0 unspecified atom stereocenters. The first kappa shape index (κ1) is 27.5. The average Bonchev–Trinajstić information content (AvgIpc) is 2.71. The molecule has 0 N–H and O–H groups in total. The molecule has 1 aliphatic heterocycles. The number of nitrogens with zero attached hydrogens (tertiary/aromatic N) is 3. The largest absolute Gasteiger partial charge is 0.295 e. The Hall–Kier alpha value is -1.35. The lowest BCUT2D eigenvalue weighted by molar-refractivity contribution is 0.131. The third-order valence-corrected chi connectivity index (χ3v) is 2.88.